The van der Waals surface area contributed by atoms with Gasteiger partial charge in [0, 0.05) is 26.4 Å². The Bertz CT molecular complexity index is 1310. The van der Waals surface area contributed by atoms with Gasteiger partial charge in [0.25, 0.3) is 11.5 Å². The molecule has 2 aliphatic carbocycles. The van der Waals surface area contributed by atoms with E-state index in [0.29, 0.717) is 35.0 Å². The van der Waals surface area contributed by atoms with Gasteiger partial charge in [-0.15, -0.1) is 0 Å². The Morgan fingerprint density at radius 3 is 2.80 bits per heavy atom. The quantitative estimate of drug-likeness (QED) is 0.403. The van der Waals surface area contributed by atoms with Crippen LogP contribution in [-0.2, 0) is 4.74 Å². The fraction of sp³-hybridized carbons (Fsp3) is 0.500. The van der Waals surface area contributed by atoms with Crippen LogP contribution >= 0.6 is 0 Å². The van der Waals surface area contributed by atoms with Crippen LogP contribution < -0.4 is 21.5 Å². The molecule has 3 heterocycles. The van der Waals surface area contributed by atoms with E-state index < -0.39 is 6.10 Å². The summed E-state index contributed by atoms with van der Waals surface area (Å²) in [6.45, 7) is 1.98. The fourth-order valence-corrected chi connectivity index (χ4v) is 5.02. The molecule has 1 unspecified atom stereocenters. The first-order valence-electron chi connectivity index (χ1n) is 11.9. The molecule has 3 aromatic heterocycles. The van der Waals surface area contributed by atoms with Gasteiger partial charge < -0.3 is 30.4 Å². The number of nitrogens with zero attached hydrogens (tertiary/aromatic N) is 4. The molecule has 4 N–H and O–H groups in total. The summed E-state index contributed by atoms with van der Waals surface area (Å²) in [7, 11) is 3.40. The minimum Gasteiger partial charge on any atom is -0.391 e. The Hall–Kier alpha value is -3.44. The van der Waals surface area contributed by atoms with Gasteiger partial charge in [-0.3, -0.25) is 9.59 Å². The van der Waals surface area contributed by atoms with Crippen molar-refractivity contribution in [3.05, 3.63) is 46.5 Å². The van der Waals surface area contributed by atoms with E-state index in [9.17, 15) is 14.7 Å². The van der Waals surface area contributed by atoms with Crippen LogP contribution in [0, 0.1) is 0 Å². The van der Waals surface area contributed by atoms with Crippen LogP contribution in [0.3, 0.4) is 0 Å². The summed E-state index contributed by atoms with van der Waals surface area (Å²) in [4.78, 5) is 30.9. The smallest absolute Gasteiger partial charge is 0.274 e. The van der Waals surface area contributed by atoms with Crippen LogP contribution in [0.4, 0.5) is 17.3 Å². The highest BCUT2D eigenvalue weighted by atomic mass is 16.5. The van der Waals surface area contributed by atoms with E-state index in [1.165, 1.54) is 6.20 Å². The predicted molar refractivity (Wildman–Crippen MR) is 131 cm³/mol. The number of carbonyl (C=O) groups is 1. The van der Waals surface area contributed by atoms with Crippen LogP contribution in [0.2, 0.25) is 0 Å². The SMILES string of the molecule is CNc1cc(Nc2cccn(C3CCC[C@H]3O)c2=O)nc2c(C(=O)N[C@H]3CC[C@]3(C)OC)cnn12. The first-order chi connectivity index (χ1) is 16.8. The van der Waals surface area contributed by atoms with Crippen LogP contribution in [0.25, 0.3) is 5.65 Å². The Labute approximate surface area is 202 Å². The zero-order chi connectivity index (χ0) is 24.7. The number of aliphatic hydroxyl groups is 1. The molecule has 11 nitrogen and oxygen atoms in total. The van der Waals surface area contributed by atoms with E-state index in [2.05, 4.69) is 26.0 Å². The van der Waals surface area contributed by atoms with Crippen molar-refractivity contribution in [3.8, 4) is 0 Å². The number of aromatic nitrogens is 4. The van der Waals surface area contributed by atoms with Crippen molar-refractivity contribution in [2.75, 3.05) is 24.8 Å². The number of carbonyl (C=O) groups excluding carboxylic acids is 1. The van der Waals surface area contributed by atoms with Gasteiger partial charge in [0.1, 0.15) is 22.9 Å². The third-order valence-electron chi connectivity index (χ3n) is 7.45. The number of methoxy groups -OCH3 is 1. The monoisotopic (exact) mass is 481 g/mol. The van der Waals surface area contributed by atoms with Crippen molar-refractivity contribution in [1.29, 1.82) is 0 Å². The lowest BCUT2D eigenvalue weighted by Crippen LogP contribution is -2.59. The van der Waals surface area contributed by atoms with Gasteiger partial charge in [0.05, 0.1) is 30.0 Å². The Morgan fingerprint density at radius 1 is 1.31 bits per heavy atom. The van der Waals surface area contributed by atoms with Crippen LogP contribution in [0.1, 0.15) is 55.4 Å². The molecule has 0 aliphatic heterocycles. The van der Waals surface area contributed by atoms with Gasteiger partial charge >= 0.3 is 0 Å². The third-order valence-corrected chi connectivity index (χ3v) is 7.45. The lowest BCUT2D eigenvalue weighted by Gasteiger charge is -2.45. The molecule has 2 fully saturated rings. The number of aliphatic hydroxyl groups excluding tert-OH is 1. The Kier molecular flexibility index (Phi) is 5.97. The van der Waals surface area contributed by atoms with Gasteiger partial charge in [-0.05, 0) is 51.2 Å². The number of anilines is 3. The van der Waals surface area contributed by atoms with Gasteiger partial charge in [-0.2, -0.15) is 9.61 Å². The molecule has 186 valence electrons. The lowest BCUT2D eigenvalue weighted by molar-refractivity contribution is -0.0828. The summed E-state index contributed by atoms with van der Waals surface area (Å²) in [5.74, 6) is 0.713. The largest absolute Gasteiger partial charge is 0.391 e. The van der Waals surface area contributed by atoms with E-state index >= 15 is 0 Å². The molecule has 4 atom stereocenters. The molecule has 0 spiro atoms. The second kappa shape index (κ2) is 8.97. The highest BCUT2D eigenvalue weighted by molar-refractivity contribution is 6.00. The summed E-state index contributed by atoms with van der Waals surface area (Å²) in [6.07, 6.45) is 6.72. The van der Waals surface area contributed by atoms with Crippen molar-refractivity contribution < 1.29 is 14.6 Å². The van der Waals surface area contributed by atoms with Gasteiger partial charge in [0.15, 0.2) is 5.65 Å². The average Bonchev–Trinajstić information content (AvgIpc) is 3.48. The Balaban J connectivity index is 1.46. The van der Waals surface area contributed by atoms with E-state index in [0.717, 1.165) is 25.7 Å². The molecule has 1 amide bonds. The van der Waals surface area contributed by atoms with Crippen LogP contribution in [0.5, 0.6) is 0 Å². The summed E-state index contributed by atoms with van der Waals surface area (Å²) in [6, 6.07) is 4.85. The van der Waals surface area contributed by atoms with Crippen molar-refractivity contribution in [3.63, 3.8) is 0 Å². The molecule has 2 aliphatic rings. The number of amides is 1. The average molecular weight is 482 g/mol. The van der Waals surface area contributed by atoms with Crippen molar-refractivity contribution in [1.82, 2.24) is 24.5 Å². The standard InChI is InChI=1S/C24H31N7O4/c1-24(35-3)10-9-18(24)28-22(33)14-13-26-31-20(25-2)12-19(29-21(14)31)27-15-6-5-11-30(23(15)34)16-7-4-8-17(16)32/h5-6,11-13,16-18,25,32H,4,7-10H2,1-3H3,(H,27,29)(H,28,33)/t16?,17-,18+,24+/m1/s1. The maximum atomic E-state index is 13.2. The number of rotatable bonds is 7. The number of nitrogens with one attached hydrogen (secondary N) is 3. The fourth-order valence-electron chi connectivity index (χ4n) is 5.02. The number of fused-ring (bicyclic) bond motifs is 1. The number of hydrogen-bond acceptors (Lipinski definition) is 8. The van der Waals surface area contributed by atoms with Gasteiger partial charge in [-0.1, -0.05) is 0 Å². The number of pyridine rings is 1. The topological polar surface area (TPSA) is 135 Å². The molecule has 2 saturated carbocycles. The first kappa shape index (κ1) is 23.3. The van der Waals surface area contributed by atoms with Crippen LogP contribution in [-0.4, -0.2) is 62.1 Å². The molecule has 3 aromatic rings. The number of ether oxygens (including phenoxy) is 1. The summed E-state index contributed by atoms with van der Waals surface area (Å²) >= 11 is 0. The van der Waals surface area contributed by atoms with E-state index in [1.54, 1.807) is 47.6 Å². The predicted octanol–water partition coefficient (Wildman–Crippen LogP) is 2.06. The molecule has 0 saturated heterocycles. The maximum Gasteiger partial charge on any atom is 0.274 e. The second-order valence-corrected chi connectivity index (χ2v) is 9.48. The molecular weight excluding hydrogens is 450 g/mol. The summed E-state index contributed by atoms with van der Waals surface area (Å²) < 4.78 is 8.69. The van der Waals surface area contributed by atoms with E-state index in [4.69, 9.17) is 4.74 Å². The zero-order valence-corrected chi connectivity index (χ0v) is 20.1. The molecule has 35 heavy (non-hydrogen) atoms. The van der Waals surface area contributed by atoms with Crippen LogP contribution in [0.15, 0.2) is 35.4 Å². The lowest BCUT2D eigenvalue weighted by atomic mass is 9.76. The highest BCUT2D eigenvalue weighted by Crippen LogP contribution is 2.35. The first-order valence-corrected chi connectivity index (χ1v) is 11.9. The molecule has 0 bridgehead atoms. The summed E-state index contributed by atoms with van der Waals surface area (Å²) in [5, 5.41) is 23.8. The van der Waals surface area contributed by atoms with Gasteiger partial charge in [-0.25, -0.2) is 4.98 Å². The van der Waals surface area contributed by atoms with Crippen molar-refractivity contribution >= 4 is 28.9 Å². The molecule has 5 rings (SSSR count). The molecule has 11 heteroatoms. The summed E-state index contributed by atoms with van der Waals surface area (Å²) in [5.41, 5.74) is 0.408. The second-order valence-electron chi connectivity index (χ2n) is 9.48. The van der Waals surface area contributed by atoms with E-state index in [1.807, 2.05) is 6.92 Å². The van der Waals surface area contributed by atoms with Crippen molar-refractivity contribution in [2.45, 2.75) is 62.8 Å². The minimum absolute atomic E-state index is 0.0891. The molecular formula is C24H31N7O4. The van der Waals surface area contributed by atoms with Gasteiger partial charge in [0.2, 0.25) is 0 Å². The highest BCUT2D eigenvalue weighted by Gasteiger charge is 2.44. The normalized spacial score (nSPS) is 25.9. The van der Waals surface area contributed by atoms with Crippen molar-refractivity contribution in [2.24, 2.45) is 0 Å². The molecule has 0 aromatic carbocycles. The number of hydrogen-bond donors (Lipinski definition) is 4. The maximum absolute atomic E-state index is 13.2. The minimum atomic E-state index is -0.531. The zero-order valence-electron chi connectivity index (χ0n) is 20.1. The molecule has 0 radical (unpaired) electrons. The van der Waals surface area contributed by atoms with E-state index in [-0.39, 0.29) is 29.2 Å². The third kappa shape index (κ3) is 4.04. The Morgan fingerprint density at radius 2 is 2.14 bits per heavy atom.